The van der Waals surface area contributed by atoms with Crippen LogP contribution in [0.4, 0.5) is 8.78 Å². The predicted octanol–water partition coefficient (Wildman–Crippen LogP) is 4.16. The van der Waals surface area contributed by atoms with Crippen LogP contribution < -0.4 is 0 Å². The van der Waals surface area contributed by atoms with Crippen molar-refractivity contribution in [1.29, 1.82) is 0 Å². The highest BCUT2D eigenvalue weighted by Crippen LogP contribution is 2.29. The summed E-state index contributed by atoms with van der Waals surface area (Å²) < 4.78 is 26.2. The van der Waals surface area contributed by atoms with Gasteiger partial charge in [0.05, 0.1) is 5.56 Å². The molecule has 98 valence electrons. The van der Waals surface area contributed by atoms with Gasteiger partial charge in [-0.05, 0) is 23.3 Å². The van der Waals surface area contributed by atoms with Gasteiger partial charge in [0.15, 0.2) is 0 Å². The normalized spacial score (nSPS) is 11.3. The number of aromatic carboxylic acids is 1. The summed E-state index contributed by atoms with van der Waals surface area (Å²) in [5.74, 6) is -3.89. The summed E-state index contributed by atoms with van der Waals surface area (Å²) in [7, 11) is 0. The van der Waals surface area contributed by atoms with Gasteiger partial charge in [-0.15, -0.1) is 0 Å². The first-order chi connectivity index (χ1) is 8.88. The highest BCUT2D eigenvalue weighted by molar-refractivity contribution is 5.89. The van der Waals surface area contributed by atoms with Crippen molar-refractivity contribution in [3.05, 3.63) is 59.7 Å². The molecule has 2 aromatic rings. The van der Waals surface area contributed by atoms with Crippen molar-refractivity contribution in [2.45, 2.75) is 12.8 Å². The molecule has 0 aliphatic carbocycles. The molecule has 0 atom stereocenters. The minimum atomic E-state index is -2.87. The molecule has 0 heterocycles. The number of halogens is 2. The molecule has 0 spiro atoms. The summed E-state index contributed by atoms with van der Waals surface area (Å²) in [5, 5.41) is 8.91. The number of alkyl halides is 2. The van der Waals surface area contributed by atoms with E-state index in [2.05, 4.69) is 0 Å². The van der Waals surface area contributed by atoms with Crippen molar-refractivity contribution < 1.29 is 18.7 Å². The lowest BCUT2D eigenvalue weighted by Crippen LogP contribution is -2.06. The largest absolute Gasteiger partial charge is 0.478 e. The molecule has 2 aromatic carbocycles. The molecule has 0 bridgehead atoms. The SMILES string of the molecule is CC(F)(F)c1ccc(-c2cccc(C(=O)O)c2)cc1. The van der Waals surface area contributed by atoms with E-state index in [-0.39, 0.29) is 11.1 Å². The molecule has 0 aliphatic rings. The molecule has 0 amide bonds. The lowest BCUT2D eigenvalue weighted by Gasteiger charge is -2.11. The number of carboxylic acid groups (broad SMARTS) is 1. The van der Waals surface area contributed by atoms with Gasteiger partial charge in [-0.2, -0.15) is 0 Å². The topological polar surface area (TPSA) is 37.3 Å². The fraction of sp³-hybridized carbons (Fsp3) is 0.133. The molecule has 2 rings (SSSR count). The van der Waals surface area contributed by atoms with Gasteiger partial charge >= 0.3 is 5.97 Å². The van der Waals surface area contributed by atoms with E-state index in [1.165, 1.54) is 24.3 Å². The summed E-state index contributed by atoms with van der Waals surface area (Å²) in [6, 6.07) is 12.2. The second-order valence-electron chi connectivity index (χ2n) is 4.35. The zero-order chi connectivity index (χ0) is 14.0. The molecule has 0 aromatic heterocycles. The Bertz CT molecular complexity index is 598. The summed E-state index contributed by atoms with van der Waals surface area (Å²) in [6.45, 7) is 0.840. The zero-order valence-corrected chi connectivity index (χ0v) is 10.2. The summed E-state index contributed by atoms with van der Waals surface area (Å²) in [5.41, 5.74) is 1.50. The van der Waals surface area contributed by atoms with Crippen LogP contribution in [0.3, 0.4) is 0 Å². The molecule has 1 N–H and O–H groups in total. The lowest BCUT2D eigenvalue weighted by atomic mass is 10.0. The minimum absolute atomic E-state index is 0.0642. The van der Waals surface area contributed by atoms with Crippen LogP contribution in [0.5, 0.6) is 0 Å². The second kappa shape index (κ2) is 4.80. The molecule has 2 nitrogen and oxygen atoms in total. The number of hydrogen-bond donors (Lipinski definition) is 1. The third-order valence-electron chi connectivity index (χ3n) is 2.83. The summed E-state index contributed by atoms with van der Waals surface area (Å²) in [6.07, 6.45) is 0. The van der Waals surface area contributed by atoms with Crippen LogP contribution in [-0.4, -0.2) is 11.1 Å². The maximum Gasteiger partial charge on any atom is 0.335 e. The van der Waals surface area contributed by atoms with Crippen molar-refractivity contribution in [3.8, 4) is 11.1 Å². The molecular weight excluding hydrogens is 250 g/mol. The Labute approximate surface area is 109 Å². The van der Waals surface area contributed by atoms with Crippen molar-refractivity contribution in [1.82, 2.24) is 0 Å². The van der Waals surface area contributed by atoms with E-state index < -0.39 is 11.9 Å². The smallest absolute Gasteiger partial charge is 0.335 e. The zero-order valence-electron chi connectivity index (χ0n) is 10.2. The molecule has 0 saturated heterocycles. The number of carbonyl (C=O) groups is 1. The minimum Gasteiger partial charge on any atom is -0.478 e. The maximum absolute atomic E-state index is 13.1. The first kappa shape index (κ1) is 13.2. The second-order valence-corrected chi connectivity index (χ2v) is 4.35. The quantitative estimate of drug-likeness (QED) is 0.901. The average molecular weight is 262 g/mol. The Morgan fingerprint density at radius 2 is 1.68 bits per heavy atom. The molecule has 4 heteroatoms. The highest BCUT2D eigenvalue weighted by atomic mass is 19.3. The Balaban J connectivity index is 2.37. The van der Waals surface area contributed by atoms with Gasteiger partial charge in [-0.3, -0.25) is 0 Å². The molecular formula is C15H12F2O2. The van der Waals surface area contributed by atoms with Gasteiger partial charge in [-0.1, -0.05) is 36.4 Å². The third kappa shape index (κ3) is 2.96. The molecule has 0 radical (unpaired) electrons. The van der Waals surface area contributed by atoms with Crippen LogP contribution in [0.15, 0.2) is 48.5 Å². The fourth-order valence-electron chi connectivity index (χ4n) is 1.79. The number of hydrogen-bond acceptors (Lipinski definition) is 1. The van der Waals surface area contributed by atoms with Crippen molar-refractivity contribution in [2.24, 2.45) is 0 Å². The van der Waals surface area contributed by atoms with Crippen molar-refractivity contribution >= 4 is 5.97 Å². The van der Waals surface area contributed by atoms with E-state index in [0.29, 0.717) is 11.1 Å². The van der Waals surface area contributed by atoms with Gasteiger partial charge in [0, 0.05) is 12.5 Å². The molecule has 0 aliphatic heterocycles. The number of benzene rings is 2. The van der Waals surface area contributed by atoms with Gasteiger partial charge in [0.25, 0.3) is 5.92 Å². The maximum atomic E-state index is 13.1. The number of carboxylic acids is 1. The monoisotopic (exact) mass is 262 g/mol. The number of rotatable bonds is 3. The highest BCUT2D eigenvalue weighted by Gasteiger charge is 2.23. The fourth-order valence-corrected chi connectivity index (χ4v) is 1.79. The van der Waals surface area contributed by atoms with E-state index in [9.17, 15) is 13.6 Å². The van der Waals surface area contributed by atoms with E-state index in [1.807, 2.05) is 0 Å². The van der Waals surface area contributed by atoms with Crippen LogP contribution in [-0.2, 0) is 5.92 Å². The van der Waals surface area contributed by atoms with Gasteiger partial charge in [-0.25, -0.2) is 13.6 Å². The van der Waals surface area contributed by atoms with Gasteiger partial charge < -0.3 is 5.11 Å². The Kier molecular flexibility index (Phi) is 3.34. The van der Waals surface area contributed by atoms with Crippen LogP contribution in [0, 0.1) is 0 Å². The van der Waals surface area contributed by atoms with Gasteiger partial charge in [0.1, 0.15) is 0 Å². The predicted molar refractivity (Wildman–Crippen MR) is 68.4 cm³/mol. The van der Waals surface area contributed by atoms with E-state index in [1.54, 1.807) is 24.3 Å². The lowest BCUT2D eigenvalue weighted by molar-refractivity contribution is 0.0175. The van der Waals surface area contributed by atoms with Crippen LogP contribution in [0.2, 0.25) is 0 Å². The first-order valence-electron chi connectivity index (χ1n) is 5.70. The standard InChI is InChI=1S/C15H12F2O2/c1-15(16,17)13-7-5-10(6-8-13)11-3-2-4-12(9-11)14(18)19/h2-9H,1H3,(H,18,19). The molecule has 0 saturated carbocycles. The van der Waals surface area contributed by atoms with E-state index in [0.717, 1.165) is 6.92 Å². The third-order valence-corrected chi connectivity index (χ3v) is 2.83. The van der Waals surface area contributed by atoms with E-state index in [4.69, 9.17) is 5.11 Å². The summed E-state index contributed by atoms with van der Waals surface area (Å²) in [4.78, 5) is 10.9. The molecule has 0 fully saturated rings. The Morgan fingerprint density at radius 3 is 2.21 bits per heavy atom. The van der Waals surface area contributed by atoms with Crippen LogP contribution in [0.1, 0.15) is 22.8 Å². The first-order valence-corrected chi connectivity index (χ1v) is 5.70. The summed E-state index contributed by atoms with van der Waals surface area (Å²) >= 11 is 0. The molecule has 19 heavy (non-hydrogen) atoms. The van der Waals surface area contributed by atoms with Crippen LogP contribution >= 0.6 is 0 Å². The van der Waals surface area contributed by atoms with E-state index >= 15 is 0 Å². The molecule has 0 unspecified atom stereocenters. The van der Waals surface area contributed by atoms with Crippen molar-refractivity contribution in [3.63, 3.8) is 0 Å². The van der Waals surface area contributed by atoms with Crippen molar-refractivity contribution in [2.75, 3.05) is 0 Å². The Morgan fingerprint density at radius 1 is 1.05 bits per heavy atom. The van der Waals surface area contributed by atoms with Gasteiger partial charge in [0.2, 0.25) is 0 Å². The Hall–Kier alpha value is -2.23. The van der Waals surface area contributed by atoms with Crippen LogP contribution in [0.25, 0.3) is 11.1 Å². The average Bonchev–Trinajstić information content (AvgIpc) is 2.38.